The summed E-state index contributed by atoms with van der Waals surface area (Å²) in [5, 5.41) is 9.68. The maximum Gasteiger partial charge on any atom is 0.0679 e. The number of piperazine rings is 1. The van der Waals surface area contributed by atoms with E-state index < -0.39 is 0 Å². The highest BCUT2D eigenvalue weighted by Gasteiger charge is 2.19. The smallest absolute Gasteiger partial charge is 0.0679 e. The molecule has 96 valence electrons. The summed E-state index contributed by atoms with van der Waals surface area (Å²) >= 11 is 0. The molecule has 0 aliphatic carbocycles. The minimum absolute atomic E-state index is 0.248. The molecule has 1 aliphatic heterocycles. The Kier molecular flexibility index (Phi) is 6.28. The van der Waals surface area contributed by atoms with E-state index in [1.807, 2.05) is 0 Å². The third-order valence-corrected chi connectivity index (χ3v) is 3.06. The van der Waals surface area contributed by atoms with E-state index in [0.29, 0.717) is 13.0 Å². The molecule has 1 rings (SSSR count). The molecule has 1 atom stereocenters. The second kappa shape index (κ2) is 7.22. The molecule has 1 fully saturated rings. The van der Waals surface area contributed by atoms with Crippen LogP contribution >= 0.6 is 0 Å². The normalized spacial score (nSPS) is 21.6. The lowest BCUT2D eigenvalue weighted by Crippen LogP contribution is -2.49. The first kappa shape index (κ1) is 13.9. The highest BCUT2D eigenvalue weighted by atomic mass is 16.3. The van der Waals surface area contributed by atoms with Crippen LogP contribution in [-0.4, -0.2) is 66.8 Å². The minimum Gasteiger partial charge on any atom is -0.392 e. The maximum atomic E-state index is 9.68. The van der Waals surface area contributed by atoms with E-state index in [-0.39, 0.29) is 6.10 Å². The second-order valence-corrected chi connectivity index (χ2v) is 5.23. The van der Waals surface area contributed by atoms with E-state index in [4.69, 9.17) is 5.73 Å². The Bertz CT molecular complexity index is 179. The second-order valence-electron chi connectivity index (χ2n) is 5.23. The molecule has 0 saturated carbocycles. The Hall–Kier alpha value is -0.160. The largest absolute Gasteiger partial charge is 0.392 e. The van der Waals surface area contributed by atoms with Crippen molar-refractivity contribution in [3.05, 3.63) is 0 Å². The van der Waals surface area contributed by atoms with Crippen molar-refractivity contribution in [3.8, 4) is 0 Å². The molecule has 4 heteroatoms. The van der Waals surface area contributed by atoms with Gasteiger partial charge in [0, 0.05) is 39.3 Å². The van der Waals surface area contributed by atoms with Gasteiger partial charge in [0.25, 0.3) is 0 Å². The summed E-state index contributed by atoms with van der Waals surface area (Å²) in [7, 11) is 0. The van der Waals surface area contributed by atoms with E-state index in [2.05, 4.69) is 23.6 Å². The fourth-order valence-electron chi connectivity index (χ4n) is 2.25. The zero-order valence-corrected chi connectivity index (χ0v) is 10.7. The van der Waals surface area contributed by atoms with Gasteiger partial charge >= 0.3 is 0 Å². The first-order chi connectivity index (χ1) is 7.61. The molecule has 0 aromatic rings. The molecule has 1 aliphatic rings. The van der Waals surface area contributed by atoms with Crippen LogP contribution in [0.2, 0.25) is 0 Å². The Balaban J connectivity index is 2.16. The lowest BCUT2D eigenvalue weighted by molar-refractivity contribution is 0.0663. The van der Waals surface area contributed by atoms with Gasteiger partial charge in [-0.2, -0.15) is 0 Å². The van der Waals surface area contributed by atoms with Crippen LogP contribution < -0.4 is 5.73 Å². The molecule has 1 heterocycles. The summed E-state index contributed by atoms with van der Waals surface area (Å²) < 4.78 is 0. The quantitative estimate of drug-likeness (QED) is 0.671. The van der Waals surface area contributed by atoms with Gasteiger partial charge in [-0.25, -0.2) is 0 Å². The fraction of sp³-hybridized carbons (Fsp3) is 1.00. The topological polar surface area (TPSA) is 52.7 Å². The zero-order chi connectivity index (χ0) is 12.0. The Morgan fingerprint density at radius 2 is 1.56 bits per heavy atom. The number of hydrogen-bond donors (Lipinski definition) is 2. The summed E-state index contributed by atoms with van der Waals surface area (Å²) in [6.07, 6.45) is 0.466. The summed E-state index contributed by atoms with van der Waals surface area (Å²) in [6.45, 7) is 11.5. The van der Waals surface area contributed by atoms with Crippen molar-refractivity contribution in [2.24, 2.45) is 11.7 Å². The molecule has 0 bridgehead atoms. The SMILES string of the molecule is CC(C)CN1CCN(CC(O)CCN)CC1. The van der Waals surface area contributed by atoms with Crippen LogP contribution in [0.15, 0.2) is 0 Å². The fourth-order valence-corrected chi connectivity index (χ4v) is 2.25. The van der Waals surface area contributed by atoms with Gasteiger partial charge in [0.05, 0.1) is 6.10 Å². The minimum atomic E-state index is -0.248. The van der Waals surface area contributed by atoms with Crippen molar-refractivity contribution in [1.29, 1.82) is 0 Å². The van der Waals surface area contributed by atoms with Crippen LogP contribution in [0.25, 0.3) is 0 Å². The van der Waals surface area contributed by atoms with Crippen molar-refractivity contribution in [2.75, 3.05) is 45.8 Å². The van der Waals surface area contributed by atoms with Crippen molar-refractivity contribution < 1.29 is 5.11 Å². The van der Waals surface area contributed by atoms with Crippen LogP contribution in [-0.2, 0) is 0 Å². The van der Waals surface area contributed by atoms with Gasteiger partial charge in [-0.05, 0) is 18.9 Å². The standard InChI is InChI=1S/C12H27N3O/c1-11(2)9-14-5-7-15(8-6-14)10-12(16)3-4-13/h11-12,16H,3-10,13H2,1-2H3. The number of nitrogens with two attached hydrogens (primary N) is 1. The van der Waals surface area contributed by atoms with E-state index in [9.17, 15) is 5.11 Å². The molecule has 0 aromatic heterocycles. The van der Waals surface area contributed by atoms with Gasteiger partial charge in [-0.15, -0.1) is 0 Å². The first-order valence-corrected chi connectivity index (χ1v) is 6.44. The zero-order valence-electron chi connectivity index (χ0n) is 10.7. The summed E-state index contributed by atoms with van der Waals surface area (Å²) in [5.41, 5.74) is 5.42. The third kappa shape index (κ3) is 5.25. The summed E-state index contributed by atoms with van der Waals surface area (Å²) in [6, 6.07) is 0. The van der Waals surface area contributed by atoms with Crippen LogP contribution in [0.4, 0.5) is 0 Å². The highest BCUT2D eigenvalue weighted by Crippen LogP contribution is 2.06. The predicted molar refractivity (Wildman–Crippen MR) is 67.4 cm³/mol. The van der Waals surface area contributed by atoms with Crippen LogP contribution in [0.5, 0.6) is 0 Å². The number of aliphatic hydroxyl groups is 1. The van der Waals surface area contributed by atoms with E-state index in [0.717, 1.165) is 38.6 Å². The lowest BCUT2D eigenvalue weighted by atomic mass is 10.1. The molecule has 0 amide bonds. The molecule has 0 aromatic carbocycles. The monoisotopic (exact) mass is 229 g/mol. The molecule has 1 unspecified atom stereocenters. The summed E-state index contributed by atoms with van der Waals surface area (Å²) in [5.74, 6) is 0.745. The number of aliphatic hydroxyl groups excluding tert-OH is 1. The van der Waals surface area contributed by atoms with Crippen molar-refractivity contribution in [1.82, 2.24) is 9.80 Å². The van der Waals surface area contributed by atoms with E-state index >= 15 is 0 Å². The van der Waals surface area contributed by atoms with Crippen LogP contribution in [0.1, 0.15) is 20.3 Å². The van der Waals surface area contributed by atoms with Crippen molar-refractivity contribution in [3.63, 3.8) is 0 Å². The summed E-state index contributed by atoms with van der Waals surface area (Å²) in [4.78, 5) is 4.85. The number of rotatable bonds is 6. The highest BCUT2D eigenvalue weighted by molar-refractivity contribution is 4.74. The van der Waals surface area contributed by atoms with Crippen LogP contribution in [0.3, 0.4) is 0 Å². The molecule has 0 spiro atoms. The van der Waals surface area contributed by atoms with Crippen molar-refractivity contribution in [2.45, 2.75) is 26.4 Å². The molecule has 4 nitrogen and oxygen atoms in total. The molecule has 16 heavy (non-hydrogen) atoms. The van der Waals surface area contributed by atoms with Gasteiger partial charge in [0.15, 0.2) is 0 Å². The van der Waals surface area contributed by atoms with Gasteiger partial charge in [-0.1, -0.05) is 13.8 Å². The van der Waals surface area contributed by atoms with Gasteiger partial charge in [-0.3, -0.25) is 4.90 Å². The third-order valence-electron chi connectivity index (χ3n) is 3.06. The number of β-amino-alcohol motifs (C(OH)–C–C–N with tert-alkyl or cyclic N) is 1. The molecular weight excluding hydrogens is 202 g/mol. The molecule has 0 radical (unpaired) electrons. The van der Waals surface area contributed by atoms with E-state index in [1.54, 1.807) is 0 Å². The number of hydrogen-bond acceptors (Lipinski definition) is 4. The Labute approximate surface area is 99.4 Å². The average Bonchev–Trinajstić information content (AvgIpc) is 2.20. The molecular formula is C12H27N3O. The first-order valence-electron chi connectivity index (χ1n) is 6.44. The molecule has 1 saturated heterocycles. The molecule has 3 N–H and O–H groups in total. The predicted octanol–water partition coefficient (Wildman–Crippen LogP) is -0.0303. The number of nitrogens with zero attached hydrogens (tertiary/aromatic N) is 2. The maximum absolute atomic E-state index is 9.68. The van der Waals surface area contributed by atoms with E-state index in [1.165, 1.54) is 6.54 Å². The Morgan fingerprint density at radius 1 is 1.06 bits per heavy atom. The van der Waals surface area contributed by atoms with Gasteiger partial charge < -0.3 is 15.7 Å². The van der Waals surface area contributed by atoms with Crippen molar-refractivity contribution >= 4 is 0 Å². The average molecular weight is 229 g/mol. The van der Waals surface area contributed by atoms with Crippen LogP contribution in [0, 0.1) is 5.92 Å². The van der Waals surface area contributed by atoms with Gasteiger partial charge in [0.1, 0.15) is 0 Å². The lowest BCUT2D eigenvalue weighted by Gasteiger charge is -2.36. The Morgan fingerprint density at radius 3 is 2.00 bits per heavy atom. The van der Waals surface area contributed by atoms with Gasteiger partial charge in [0.2, 0.25) is 0 Å².